The smallest absolute Gasteiger partial charge is 0.341 e. The van der Waals surface area contributed by atoms with Gasteiger partial charge in [0.2, 0.25) is 17.7 Å². The summed E-state index contributed by atoms with van der Waals surface area (Å²) < 4.78 is 4.93. The molecule has 0 saturated heterocycles. The average Bonchev–Trinajstić information content (AvgIpc) is 3.08. The Balaban J connectivity index is 1.72. The van der Waals surface area contributed by atoms with Gasteiger partial charge in [0, 0.05) is 35.9 Å². The van der Waals surface area contributed by atoms with Gasteiger partial charge < -0.3 is 20.3 Å². The molecular weight excluding hydrogens is 438 g/mol. The van der Waals surface area contributed by atoms with Crippen LogP contribution in [0.15, 0.2) is 29.2 Å². The monoisotopic (exact) mass is 461 g/mol. The third kappa shape index (κ3) is 5.65. The highest BCUT2D eigenvalue weighted by atomic mass is 32.2. The van der Waals surface area contributed by atoms with Crippen LogP contribution in [-0.2, 0) is 32.1 Å². The summed E-state index contributed by atoms with van der Waals surface area (Å²) in [5.41, 5.74) is 1.86. The lowest BCUT2D eigenvalue weighted by atomic mass is 10.0. The number of anilines is 2. The van der Waals surface area contributed by atoms with Crippen LogP contribution in [-0.4, -0.2) is 48.0 Å². The van der Waals surface area contributed by atoms with Crippen molar-refractivity contribution in [3.63, 3.8) is 0 Å². The number of carbonyl (C=O) groups excluding carboxylic acids is 4. The Kier molecular flexibility index (Phi) is 7.34. The van der Waals surface area contributed by atoms with Gasteiger partial charge >= 0.3 is 5.97 Å². The molecule has 2 aromatic rings. The topological polar surface area (TPSA) is 105 Å². The lowest BCUT2D eigenvalue weighted by Gasteiger charge is -2.25. The minimum Gasteiger partial charge on any atom is -0.465 e. The van der Waals surface area contributed by atoms with Crippen molar-refractivity contribution in [2.45, 2.75) is 31.7 Å². The number of thiophene rings is 1. The molecule has 1 aromatic carbocycles. The number of fused-ring (bicyclic) bond motifs is 1. The van der Waals surface area contributed by atoms with E-state index < -0.39 is 5.97 Å². The summed E-state index contributed by atoms with van der Waals surface area (Å²) in [6.07, 6.45) is 0.538. The number of nitrogens with zero attached hydrogens (tertiary/aromatic N) is 1. The fraction of sp³-hybridized carbons (Fsp3) is 0.333. The Bertz CT molecular complexity index is 1030. The molecule has 0 fully saturated rings. The second kappa shape index (κ2) is 9.97. The van der Waals surface area contributed by atoms with Gasteiger partial charge in [-0.15, -0.1) is 23.1 Å². The molecule has 0 unspecified atom stereocenters. The fourth-order valence-corrected chi connectivity index (χ4v) is 5.28. The highest BCUT2D eigenvalue weighted by Crippen LogP contribution is 2.38. The quantitative estimate of drug-likeness (QED) is 0.506. The van der Waals surface area contributed by atoms with Crippen molar-refractivity contribution in [3.05, 3.63) is 40.3 Å². The molecule has 0 radical (unpaired) electrons. The minimum absolute atomic E-state index is 0.0258. The molecule has 2 heterocycles. The lowest BCUT2D eigenvalue weighted by Crippen LogP contribution is -2.33. The van der Waals surface area contributed by atoms with Gasteiger partial charge in [-0.2, -0.15) is 0 Å². The van der Waals surface area contributed by atoms with Crippen LogP contribution < -0.4 is 10.6 Å². The van der Waals surface area contributed by atoms with Crippen LogP contribution in [0.2, 0.25) is 0 Å². The average molecular weight is 462 g/mol. The van der Waals surface area contributed by atoms with Gasteiger partial charge in [-0.05, 0) is 30.2 Å². The summed E-state index contributed by atoms with van der Waals surface area (Å²) in [5.74, 6) is -0.823. The van der Waals surface area contributed by atoms with E-state index >= 15 is 0 Å². The molecule has 0 aliphatic carbocycles. The number of hydrogen-bond donors (Lipinski definition) is 2. The number of benzene rings is 1. The highest BCUT2D eigenvalue weighted by Gasteiger charge is 2.30. The first-order chi connectivity index (χ1) is 14.8. The molecule has 1 aliphatic rings. The van der Waals surface area contributed by atoms with E-state index in [1.165, 1.54) is 44.1 Å². The van der Waals surface area contributed by atoms with Crippen LogP contribution in [0, 0.1) is 0 Å². The zero-order chi connectivity index (χ0) is 22.5. The van der Waals surface area contributed by atoms with Crippen LogP contribution in [0.1, 0.15) is 34.6 Å². The van der Waals surface area contributed by atoms with E-state index in [0.29, 0.717) is 35.8 Å². The normalized spacial score (nSPS) is 12.7. The maximum atomic E-state index is 12.6. The first-order valence-electron chi connectivity index (χ1n) is 9.57. The predicted octanol–water partition coefficient (Wildman–Crippen LogP) is 3.13. The van der Waals surface area contributed by atoms with Crippen LogP contribution in [0.5, 0.6) is 0 Å². The summed E-state index contributed by atoms with van der Waals surface area (Å²) in [7, 11) is 1.31. The maximum Gasteiger partial charge on any atom is 0.341 e. The van der Waals surface area contributed by atoms with Crippen molar-refractivity contribution in [1.82, 2.24) is 4.90 Å². The zero-order valence-corrected chi connectivity index (χ0v) is 19.1. The molecule has 31 heavy (non-hydrogen) atoms. The Morgan fingerprint density at radius 1 is 1.19 bits per heavy atom. The van der Waals surface area contributed by atoms with Gasteiger partial charge in [0.1, 0.15) is 5.00 Å². The number of hydrogen-bond acceptors (Lipinski definition) is 7. The molecule has 164 valence electrons. The van der Waals surface area contributed by atoms with E-state index in [1.807, 2.05) is 6.07 Å². The summed E-state index contributed by atoms with van der Waals surface area (Å²) >= 11 is 2.62. The SMILES string of the molecule is COC(=O)c1c(NC(=O)CSc2cccc(NC(C)=O)c2)sc2c1CCN(C(C)=O)C2. The number of nitrogens with one attached hydrogen (secondary N) is 2. The predicted molar refractivity (Wildman–Crippen MR) is 121 cm³/mol. The first kappa shape index (κ1) is 22.8. The second-order valence-electron chi connectivity index (χ2n) is 6.94. The molecule has 1 aromatic heterocycles. The molecule has 3 amide bonds. The largest absolute Gasteiger partial charge is 0.465 e. The van der Waals surface area contributed by atoms with Crippen LogP contribution >= 0.6 is 23.1 Å². The van der Waals surface area contributed by atoms with E-state index in [9.17, 15) is 19.2 Å². The van der Waals surface area contributed by atoms with Crippen molar-refractivity contribution in [2.24, 2.45) is 0 Å². The van der Waals surface area contributed by atoms with E-state index in [2.05, 4.69) is 10.6 Å². The fourth-order valence-electron chi connectivity index (χ4n) is 3.26. The minimum atomic E-state index is -0.500. The van der Waals surface area contributed by atoms with E-state index in [-0.39, 0.29) is 23.5 Å². The second-order valence-corrected chi connectivity index (χ2v) is 9.09. The Labute approximate surface area is 188 Å². The molecule has 3 rings (SSSR count). The lowest BCUT2D eigenvalue weighted by molar-refractivity contribution is -0.129. The molecule has 8 nitrogen and oxygen atoms in total. The van der Waals surface area contributed by atoms with Crippen molar-refractivity contribution in [2.75, 3.05) is 30.0 Å². The van der Waals surface area contributed by atoms with Crippen LogP contribution in [0.4, 0.5) is 10.7 Å². The number of esters is 1. The highest BCUT2D eigenvalue weighted by molar-refractivity contribution is 8.00. The molecule has 10 heteroatoms. The molecular formula is C21H23N3O5S2. The molecule has 2 N–H and O–H groups in total. The van der Waals surface area contributed by atoms with Gasteiger partial charge in [0.15, 0.2) is 0 Å². The van der Waals surface area contributed by atoms with Gasteiger partial charge in [-0.3, -0.25) is 14.4 Å². The summed E-state index contributed by atoms with van der Waals surface area (Å²) in [4.78, 5) is 51.3. The number of ether oxygens (including phenoxy) is 1. The number of amides is 3. The zero-order valence-electron chi connectivity index (χ0n) is 17.4. The standard InChI is InChI=1S/C21H23N3O5S2/c1-12(25)22-14-5-4-6-15(9-14)30-11-18(27)23-20-19(21(28)29-3)16-7-8-24(13(2)26)10-17(16)31-20/h4-6,9H,7-8,10-11H2,1-3H3,(H,22,25)(H,23,27). The van der Waals surface area contributed by atoms with Crippen molar-refractivity contribution in [3.8, 4) is 0 Å². The van der Waals surface area contributed by atoms with Crippen molar-refractivity contribution < 1.29 is 23.9 Å². The number of rotatable bonds is 6. The number of methoxy groups -OCH3 is 1. The van der Waals surface area contributed by atoms with Gasteiger partial charge in [0.05, 0.1) is 25.0 Å². The van der Waals surface area contributed by atoms with E-state index in [0.717, 1.165) is 15.3 Å². The third-order valence-electron chi connectivity index (χ3n) is 4.67. The molecule has 0 spiro atoms. The number of thioether (sulfide) groups is 1. The first-order valence-corrected chi connectivity index (χ1v) is 11.4. The number of carbonyl (C=O) groups is 4. The van der Waals surface area contributed by atoms with E-state index in [4.69, 9.17) is 4.74 Å². The van der Waals surface area contributed by atoms with E-state index in [1.54, 1.807) is 23.1 Å². The molecule has 1 aliphatic heterocycles. The van der Waals surface area contributed by atoms with Crippen LogP contribution in [0.3, 0.4) is 0 Å². The van der Waals surface area contributed by atoms with Crippen molar-refractivity contribution >= 4 is 57.5 Å². The van der Waals surface area contributed by atoms with Crippen LogP contribution in [0.25, 0.3) is 0 Å². The van der Waals surface area contributed by atoms with Gasteiger partial charge in [0.25, 0.3) is 0 Å². The van der Waals surface area contributed by atoms with Gasteiger partial charge in [-0.1, -0.05) is 6.07 Å². The summed E-state index contributed by atoms with van der Waals surface area (Å²) in [5, 5.41) is 5.98. The molecule has 0 saturated carbocycles. The van der Waals surface area contributed by atoms with Crippen molar-refractivity contribution in [1.29, 1.82) is 0 Å². The Morgan fingerprint density at radius 3 is 2.65 bits per heavy atom. The Hall–Kier alpha value is -2.85. The Morgan fingerprint density at radius 2 is 1.97 bits per heavy atom. The van der Waals surface area contributed by atoms with Gasteiger partial charge in [-0.25, -0.2) is 4.79 Å². The third-order valence-corrected chi connectivity index (χ3v) is 6.80. The summed E-state index contributed by atoms with van der Waals surface area (Å²) in [6.45, 7) is 3.89. The molecule has 0 atom stereocenters. The molecule has 0 bridgehead atoms. The maximum absolute atomic E-state index is 12.6. The summed E-state index contributed by atoms with van der Waals surface area (Å²) in [6, 6.07) is 7.21.